The van der Waals surface area contributed by atoms with E-state index in [-0.39, 0.29) is 24.3 Å². The Labute approximate surface area is 126 Å². The Balaban J connectivity index is 1.99. The fourth-order valence-electron chi connectivity index (χ4n) is 3.73. The molecule has 2 rings (SSSR count). The second kappa shape index (κ2) is 7.25. The molecule has 0 bridgehead atoms. The highest BCUT2D eigenvalue weighted by Gasteiger charge is 2.40. The number of amides is 1. The third-order valence-corrected chi connectivity index (χ3v) is 5.11. The number of carboxylic acids is 1. The molecule has 1 amide bonds. The lowest BCUT2D eigenvalue weighted by Gasteiger charge is -2.39. The van der Waals surface area contributed by atoms with Crippen molar-refractivity contribution in [3.05, 3.63) is 0 Å². The maximum Gasteiger partial charge on any atom is 0.303 e. The summed E-state index contributed by atoms with van der Waals surface area (Å²) in [6, 6.07) is 0.312. The molecule has 5 heteroatoms. The summed E-state index contributed by atoms with van der Waals surface area (Å²) in [5.74, 6) is -0.702. The molecule has 0 aromatic heterocycles. The third kappa shape index (κ3) is 4.19. The molecule has 0 aromatic rings. The molecule has 0 heterocycles. The molecule has 0 atom stereocenters. The van der Waals surface area contributed by atoms with Crippen molar-refractivity contribution in [1.82, 2.24) is 4.90 Å². The van der Waals surface area contributed by atoms with Crippen LogP contribution in [-0.4, -0.2) is 46.2 Å². The molecule has 2 aliphatic carbocycles. The Kier molecular flexibility index (Phi) is 5.62. The summed E-state index contributed by atoms with van der Waals surface area (Å²) in [4.78, 5) is 25.7. The number of aliphatic carboxylic acids is 1. The average Bonchev–Trinajstić information content (AvgIpc) is 2.78. The zero-order valence-electron chi connectivity index (χ0n) is 12.7. The van der Waals surface area contributed by atoms with Gasteiger partial charge in [0.1, 0.15) is 0 Å². The predicted molar refractivity (Wildman–Crippen MR) is 78.8 cm³/mol. The molecule has 0 aromatic carbocycles. The first-order valence-electron chi connectivity index (χ1n) is 8.18. The summed E-state index contributed by atoms with van der Waals surface area (Å²) < 4.78 is 0. The van der Waals surface area contributed by atoms with Crippen LogP contribution in [-0.2, 0) is 9.59 Å². The second-order valence-corrected chi connectivity index (χ2v) is 6.70. The van der Waals surface area contributed by atoms with E-state index in [0.29, 0.717) is 25.4 Å². The van der Waals surface area contributed by atoms with Crippen LogP contribution in [0.4, 0.5) is 0 Å². The number of aliphatic hydroxyl groups excluding tert-OH is 1. The van der Waals surface area contributed by atoms with Gasteiger partial charge >= 0.3 is 5.97 Å². The van der Waals surface area contributed by atoms with E-state index >= 15 is 0 Å². The fraction of sp³-hybridized carbons (Fsp3) is 0.875. The highest BCUT2D eigenvalue weighted by Crippen LogP contribution is 2.44. The summed E-state index contributed by atoms with van der Waals surface area (Å²) in [7, 11) is 0. The molecular weight excluding hydrogens is 270 g/mol. The minimum atomic E-state index is -0.796. The van der Waals surface area contributed by atoms with E-state index in [1.165, 1.54) is 0 Å². The second-order valence-electron chi connectivity index (χ2n) is 6.70. The predicted octanol–water partition coefficient (Wildman–Crippen LogP) is 2.18. The van der Waals surface area contributed by atoms with E-state index < -0.39 is 5.97 Å². The minimum Gasteiger partial charge on any atom is -0.481 e. The van der Waals surface area contributed by atoms with Gasteiger partial charge in [-0.15, -0.1) is 0 Å². The van der Waals surface area contributed by atoms with Crippen LogP contribution < -0.4 is 0 Å². The van der Waals surface area contributed by atoms with Gasteiger partial charge in [-0.1, -0.05) is 12.8 Å². The third-order valence-electron chi connectivity index (χ3n) is 5.11. The van der Waals surface area contributed by atoms with Crippen LogP contribution in [0.2, 0.25) is 0 Å². The monoisotopic (exact) mass is 297 g/mol. The number of carbonyl (C=O) groups excluding carboxylic acids is 1. The number of hydrogen-bond acceptors (Lipinski definition) is 3. The first-order chi connectivity index (χ1) is 10.1. The lowest BCUT2D eigenvalue weighted by Crippen LogP contribution is -2.46. The van der Waals surface area contributed by atoms with Crippen LogP contribution in [0.1, 0.15) is 64.2 Å². The summed E-state index contributed by atoms with van der Waals surface area (Å²) >= 11 is 0. The molecule has 5 nitrogen and oxygen atoms in total. The van der Waals surface area contributed by atoms with E-state index in [1.54, 1.807) is 0 Å². The zero-order chi connectivity index (χ0) is 15.3. The molecule has 120 valence electrons. The molecule has 0 aliphatic heterocycles. The normalized spacial score (nSPS) is 21.0. The Morgan fingerprint density at radius 3 is 2.24 bits per heavy atom. The number of aliphatic hydroxyl groups is 1. The van der Waals surface area contributed by atoms with Crippen molar-refractivity contribution in [3.8, 4) is 0 Å². The number of carboxylic acid groups (broad SMARTS) is 1. The summed E-state index contributed by atoms with van der Waals surface area (Å²) in [5, 5.41) is 18.1. The molecule has 2 N–H and O–H groups in total. The van der Waals surface area contributed by atoms with Crippen LogP contribution in [0, 0.1) is 5.41 Å². The van der Waals surface area contributed by atoms with Crippen LogP contribution in [0.25, 0.3) is 0 Å². The molecule has 0 spiro atoms. The number of hydrogen-bond donors (Lipinski definition) is 2. The van der Waals surface area contributed by atoms with Crippen molar-refractivity contribution in [1.29, 1.82) is 0 Å². The standard InChI is InChI=1S/C16H27NO4/c18-10-4-9-17(13-5-3-6-13)14(19)11-16(12-15(20)21)7-1-2-8-16/h13,18H,1-12H2,(H,20,21). The van der Waals surface area contributed by atoms with Gasteiger partial charge in [-0.25, -0.2) is 0 Å². The number of nitrogens with zero attached hydrogens (tertiary/aromatic N) is 1. The van der Waals surface area contributed by atoms with Gasteiger partial charge in [0.2, 0.25) is 5.91 Å². The average molecular weight is 297 g/mol. The van der Waals surface area contributed by atoms with E-state index in [9.17, 15) is 9.59 Å². The van der Waals surface area contributed by atoms with Crippen molar-refractivity contribution >= 4 is 11.9 Å². The number of carbonyl (C=O) groups is 2. The van der Waals surface area contributed by atoms with E-state index in [4.69, 9.17) is 10.2 Å². The van der Waals surface area contributed by atoms with Crippen molar-refractivity contribution in [2.75, 3.05) is 13.2 Å². The molecular formula is C16H27NO4. The topological polar surface area (TPSA) is 77.8 Å². The largest absolute Gasteiger partial charge is 0.481 e. The zero-order valence-corrected chi connectivity index (χ0v) is 12.7. The molecule has 0 radical (unpaired) electrons. The summed E-state index contributed by atoms with van der Waals surface area (Å²) in [6.07, 6.45) is 8.08. The Hall–Kier alpha value is -1.10. The van der Waals surface area contributed by atoms with Gasteiger partial charge in [0.25, 0.3) is 0 Å². The number of rotatable bonds is 8. The van der Waals surface area contributed by atoms with Gasteiger partial charge in [0.05, 0.1) is 6.42 Å². The molecule has 0 unspecified atom stereocenters. The van der Waals surface area contributed by atoms with Gasteiger partial charge in [-0.2, -0.15) is 0 Å². The van der Waals surface area contributed by atoms with E-state index in [1.807, 2.05) is 4.90 Å². The quantitative estimate of drug-likeness (QED) is 0.720. The highest BCUT2D eigenvalue weighted by atomic mass is 16.4. The van der Waals surface area contributed by atoms with Crippen LogP contribution in [0.3, 0.4) is 0 Å². The van der Waals surface area contributed by atoms with Gasteiger partial charge in [0, 0.05) is 25.6 Å². The van der Waals surface area contributed by atoms with Gasteiger partial charge in [-0.3, -0.25) is 9.59 Å². The lowest BCUT2D eigenvalue weighted by atomic mass is 9.78. The first kappa shape index (κ1) is 16.3. The van der Waals surface area contributed by atoms with Crippen molar-refractivity contribution in [3.63, 3.8) is 0 Å². The Bertz CT molecular complexity index is 372. The van der Waals surface area contributed by atoms with Crippen LogP contribution in [0.15, 0.2) is 0 Å². The van der Waals surface area contributed by atoms with Gasteiger partial charge in [0.15, 0.2) is 0 Å². The maximum atomic E-state index is 12.7. The Morgan fingerprint density at radius 1 is 1.10 bits per heavy atom. The molecule has 21 heavy (non-hydrogen) atoms. The summed E-state index contributed by atoms with van der Waals surface area (Å²) in [6.45, 7) is 0.694. The summed E-state index contributed by atoms with van der Waals surface area (Å²) in [5.41, 5.74) is -0.329. The van der Waals surface area contributed by atoms with Crippen molar-refractivity contribution in [2.24, 2.45) is 5.41 Å². The molecule has 0 saturated heterocycles. The van der Waals surface area contributed by atoms with E-state index in [0.717, 1.165) is 44.9 Å². The SMILES string of the molecule is O=C(O)CC1(CC(=O)N(CCCO)C2CCC2)CCCC1. The van der Waals surface area contributed by atoms with Gasteiger partial charge < -0.3 is 15.1 Å². The van der Waals surface area contributed by atoms with E-state index in [2.05, 4.69) is 0 Å². The Morgan fingerprint density at radius 2 is 1.76 bits per heavy atom. The maximum absolute atomic E-state index is 12.7. The van der Waals surface area contributed by atoms with Crippen LogP contribution >= 0.6 is 0 Å². The molecule has 2 fully saturated rings. The highest BCUT2D eigenvalue weighted by molar-refractivity contribution is 5.78. The first-order valence-corrected chi connectivity index (χ1v) is 8.18. The fourth-order valence-corrected chi connectivity index (χ4v) is 3.73. The van der Waals surface area contributed by atoms with Gasteiger partial charge in [-0.05, 0) is 43.9 Å². The molecule has 2 saturated carbocycles. The molecule has 2 aliphatic rings. The van der Waals surface area contributed by atoms with Crippen molar-refractivity contribution in [2.45, 2.75) is 70.3 Å². The van der Waals surface area contributed by atoms with Crippen LogP contribution in [0.5, 0.6) is 0 Å². The van der Waals surface area contributed by atoms with Crippen molar-refractivity contribution < 1.29 is 19.8 Å². The minimum absolute atomic E-state index is 0.0938. The smallest absolute Gasteiger partial charge is 0.303 e. The lowest BCUT2D eigenvalue weighted by molar-refractivity contribution is -0.142.